The summed E-state index contributed by atoms with van der Waals surface area (Å²) in [6.07, 6.45) is 2.96. The Morgan fingerprint density at radius 1 is 0.733 bits per heavy atom. The predicted octanol–water partition coefficient (Wildman–Crippen LogP) is 4.05. The molecule has 0 aliphatic rings. The first-order chi connectivity index (χ1) is 14.8. The first kappa shape index (κ1) is 21.7. The normalized spacial score (nSPS) is 11.2. The Morgan fingerprint density at radius 3 is 1.63 bits per heavy atom. The highest BCUT2D eigenvalue weighted by molar-refractivity contribution is 5.75. The van der Waals surface area contributed by atoms with Crippen LogP contribution in [0.15, 0.2) is 91.0 Å². The van der Waals surface area contributed by atoms with E-state index in [1.807, 2.05) is 54.6 Å². The van der Waals surface area contributed by atoms with Crippen LogP contribution in [0.5, 0.6) is 0 Å². The van der Waals surface area contributed by atoms with Crippen LogP contribution >= 0.6 is 0 Å². The highest BCUT2D eigenvalue weighted by Gasteiger charge is 2.36. The van der Waals surface area contributed by atoms with Crippen molar-refractivity contribution < 1.29 is 9.63 Å². The van der Waals surface area contributed by atoms with Gasteiger partial charge in [0.25, 0.3) is 0 Å². The van der Waals surface area contributed by atoms with Gasteiger partial charge >= 0.3 is 0 Å². The summed E-state index contributed by atoms with van der Waals surface area (Å²) in [5.74, 6) is 5.00. The van der Waals surface area contributed by atoms with Gasteiger partial charge < -0.3 is 4.84 Å². The van der Waals surface area contributed by atoms with Crippen LogP contribution in [0, 0.1) is 0 Å². The van der Waals surface area contributed by atoms with Gasteiger partial charge in [-0.2, -0.15) is 0 Å². The van der Waals surface area contributed by atoms with Gasteiger partial charge in [0.2, 0.25) is 5.91 Å². The molecular weight excluding hydrogens is 374 g/mol. The number of unbranched alkanes of at least 4 members (excludes halogenated alkanes) is 2. The molecule has 0 spiro atoms. The average Bonchev–Trinajstić information content (AvgIpc) is 2.81. The summed E-state index contributed by atoms with van der Waals surface area (Å²) in [6, 6.07) is 30.5. The monoisotopic (exact) mass is 403 g/mol. The first-order valence-electron chi connectivity index (χ1n) is 10.3. The molecule has 0 bridgehead atoms. The number of hydrogen-bond acceptors (Lipinski definition) is 4. The Morgan fingerprint density at radius 2 is 1.20 bits per heavy atom. The van der Waals surface area contributed by atoms with Gasteiger partial charge in [0, 0.05) is 6.42 Å². The third-order valence-electron chi connectivity index (χ3n) is 5.18. The smallest absolute Gasteiger partial charge is 0.234 e. The summed E-state index contributed by atoms with van der Waals surface area (Å²) in [7, 11) is 0. The number of amides is 1. The van der Waals surface area contributed by atoms with Gasteiger partial charge in [-0.25, -0.2) is 11.3 Å². The fourth-order valence-corrected chi connectivity index (χ4v) is 3.65. The number of carbonyl (C=O) groups is 1. The van der Waals surface area contributed by atoms with Crippen molar-refractivity contribution in [2.45, 2.75) is 31.2 Å². The zero-order valence-corrected chi connectivity index (χ0v) is 17.1. The first-order valence-corrected chi connectivity index (χ1v) is 10.3. The van der Waals surface area contributed by atoms with Gasteiger partial charge in [0.05, 0.1) is 6.61 Å². The number of rotatable bonds is 11. The molecule has 4 N–H and O–H groups in total. The molecule has 3 aromatic rings. The molecule has 0 radical (unpaired) electrons. The van der Waals surface area contributed by atoms with E-state index in [-0.39, 0.29) is 5.91 Å². The molecule has 0 saturated heterocycles. The Bertz CT molecular complexity index is 789. The number of nitrogens with two attached hydrogens (primary N) is 1. The molecule has 3 rings (SSSR count). The van der Waals surface area contributed by atoms with Gasteiger partial charge in [0.1, 0.15) is 5.54 Å². The van der Waals surface area contributed by atoms with E-state index in [1.165, 1.54) is 0 Å². The molecule has 0 fully saturated rings. The Labute approximate surface area is 178 Å². The fraction of sp³-hybridized carbons (Fsp3) is 0.240. The van der Waals surface area contributed by atoms with Gasteiger partial charge in [-0.1, -0.05) is 97.4 Å². The molecule has 0 aliphatic heterocycles. The SMILES string of the molecule is NOCCCCCC(=O)NNC(c1ccccc1)(c1ccccc1)c1ccccc1. The van der Waals surface area contributed by atoms with E-state index < -0.39 is 5.54 Å². The zero-order chi connectivity index (χ0) is 21.1. The van der Waals surface area contributed by atoms with Crippen molar-refractivity contribution in [2.75, 3.05) is 6.61 Å². The van der Waals surface area contributed by atoms with E-state index in [2.05, 4.69) is 52.1 Å². The number of carbonyl (C=O) groups excluding carboxylic acids is 1. The maximum Gasteiger partial charge on any atom is 0.234 e. The molecule has 5 nitrogen and oxygen atoms in total. The molecule has 30 heavy (non-hydrogen) atoms. The average molecular weight is 404 g/mol. The lowest BCUT2D eigenvalue weighted by molar-refractivity contribution is -0.122. The van der Waals surface area contributed by atoms with Crippen molar-refractivity contribution >= 4 is 5.91 Å². The Hall–Kier alpha value is -2.99. The minimum atomic E-state index is -0.715. The summed E-state index contributed by atoms with van der Waals surface area (Å²) < 4.78 is 0. The van der Waals surface area contributed by atoms with E-state index in [1.54, 1.807) is 0 Å². The lowest BCUT2D eigenvalue weighted by atomic mass is 9.77. The maximum absolute atomic E-state index is 12.6. The topological polar surface area (TPSA) is 76.4 Å². The van der Waals surface area contributed by atoms with Crippen LogP contribution in [-0.4, -0.2) is 12.5 Å². The van der Waals surface area contributed by atoms with Crippen molar-refractivity contribution in [3.05, 3.63) is 108 Å². The van der Waals surface area contributed by atoms with E-state index in [0.717, 1.165) is 36.0 Å². The summed E-state index contributed by atoms with van der Waals surface area (Å²) in [6.45, 7) is 0.513. The summed E-state index contributed by atoms with van der Waals surface area (Å²) in [4.78, 5) is 17.2. The molecule has 5 heteroatoms. The molecule has 1 amide bonds. The van der Waals surface area contributed by atoms with Crippen molar-refractivity contribution in [1.82, 2.24) is 10.9 Å². The van der Waals surface area contributed by atoms with Crippen LogP contribution in [0.25, 0.3) is 0 Å². The lowest BCUT2D eigenvalue weighted by Crippen LogP contribution is -2.53. The van der Waals surface area contributed by atoms with Gasteiger partial charge in [-0.05, 0) is 29.5 Å². The Kier molecular flexibility index (Phi) is 8.15. The highest BCUT2D eigenvalue weighted by Crippen LogP contribution is 2.36. The largest absolute Gasteiger partial charge is 0.305 e. The number of hydrogen-bond donors (Lipinski definition) is 3. The quantitative estimate of drug-likeness (QED) is 0.256. The lowest BCUT2D eigenvalue weighted by Gasteiger charge is -2.37. The molecule has 0 saturated carbocycles. The van der Waals surface area contributed by atoms with Crippen LogP contribution < -0.4 is 16.7 Å². The van der Waals surface area contributed by atoms with Gasteiger partial charge in [-0.3, -0.25) is 10.2 Å². The molecule has 3 aromatic carbocycles. The highest BCUT2D eigenvalue weighted by atomic mass is 16.6. The second kappa shape index (κ2) is 11.3. The van der Waals surface area contributed by atoms with E-state index in [0.29, 0.717) is 13.0 Å². The van der Waals surface area contributed by atoms with E-state index in [4.69, 9.17) is 5.90 Å². The third kappa shape index (κ3) is 5.33. The molecule has 0 aromatic heterocycles. The molecule has 156 valence electrons. The second-order valence-electron chi connectivity index (χ2n) is 7.20. The van der Waals surface area contributed by atoms with Crippen molar-refractivity contribution in [3.63, 3.8) is 0 Å². The standard InChI is InChI=1S/C25H29N3O2/c26-30-20-12-4-11-19-24(29)27-28-25(21-13-5-1-6-14-21,22-15-7-2-8-16-22)23-17-9-3-10-18-23/h1-3,5-10,13-18,28H,4,11-12,19-20,26H2,(H,27,29). The molecule has 0 heterocycles. The molecule has 0 aliphatic carbocycles. The Balaban J connectivity index is 1.89. The molecule has 0 unspecified atom stereocenters. The van der Waals surface area contributed by atoms with Crippen LogP contribution in [0.2, 0.25) is 0 Å². The van der Waals surface area contributed by atoms with Crippen molar-refractivity contribution in [3.8, 4) is 0 Å². The zero-order valence-electron chi connectivity index (χ0n) is 17.1. The maximum atomic E-state index is 12.6. The van der Waals surface area contributed by atoms with Crippen molar-refractivity contribution in [2.24, 2.45) is 5.90 Å². The summed E-state index contributed by atoms with van der Waals surface area (Å²) in [5, 5.41) is 0. The third-order valence-corrected chi connectivity index (χ3v) is 5.18. The van der Waals surface area contributed by atoms with Crippen LogP contribution in [-0.2, 0) is 15.2 Å². The number of benzene rings is 3. The van der Waals surface area contributed by atoms with Crippen LogP contribution in [0.3, 0.4) is 0 Å². The summed E-state index contributed by atoms with van der Waals surface area (Å²) >= 11 is 0. The minimum absolute atomic E-state index is 0.0455. The minimum Gasteiger partial charge on any atom is -0.305 e. The van der Waals surface area contributed by atoms with Crippen LogP contribution in [0.4, 0.5) is 0 Å². The van der Waals surface area contributed by atoms with E-state index in [9.17, 15) is 4.79 Å². The van der Waals surface area contributed by atoms with Crippen LogP contribution in [0.1, 0.15) is 42.4 Å². The second-order valence-corrected chi connectivity index (χ2v) is 7.20. The fourth-order valence-electron chi connectivity index (χ4n) is 3.65. The number of hydrazine groups is 1. The van der Waals surface area contributed by atoms with Gasteiger partial charge in [0.15, 0.2) is 0 Å². The van der Waals surface area contributed by atoms with Gasteiger partial charge in [-0.15, -0.1) is 0 Å². The van der Waals surface area contributed by atoms with Crippen molar-refractivity contribution in [1.29, 1.82) is 0 Å². The predicted molar refractivity (Wildman–Crippen MR) is 119 cm³/mol. The van der Waals surface area contributed by atoms with E-state index >= 15 is 0 Å². The molecule has 0 atom stereocenters. The summed E-state index contributed by atoms with van der Waals surface area (Å²) in [5.41, 5.74) is 8.77. The number of nitrogens with one attached hydrogen (secondary N) is 2. The molecular formula is C25H29N3O2.